The SMILES string of the molecule is C[CH]=[Hf]([CH3])([CH3])([CH3])([CH3])([Cl])([Cl])([CH]1C=Cc2ccccc21)[CH]1C=Cc2ccccc21. The number of fused-ring (bicyclic) bond motifs is 2. The summed E-state index contributed by atoms with van der Waals surface area (Å²) in [6, 6.07) is 17.0. The first kappa shape index (κ1) is 19.6. The van der Waals surface area contributed by atoms with Crippen LogP contribution in [0.15, 0.2) is 60.7 Å². The molecule has 0 N–H and O–H groups in total. The molecule has 0 spiro atoms. The molecule has 3 heteroatoms. The fraction of sp³-hybridized carbons (Fsp3) is 0.292. The number of rotatable bonds is 2. The summed E-state index contributed by atoms with van der Waals surface area (Å²) < 4.78 is 10.8. The Morgan fingerprint density at radius 1 is 0.704 bits per heavy atom. The molecule has 2 unspecified atom stereocenters. The van der Waals surface area contributed by atoms with Crippen LogP contribution in [0.2, 0.25) is 18.7 Å². The monoisotopic (exact) mass is 568 g/mol. The van der Waals surface area contributed by atoms with E-state index in [2.05, 4.69) is 102 Å². The zero-order valence-corrected chi connectivity index (χ0v) is 22.0. The van der Waals surface area contributed by atoms with Gasteiger partial charge in [-0.25, -0.2) is 0 Å². The fourth-order valence-corrected chi connectivity index (χ4v) is 40.2. The third kappa shape index (κ3) is 2.17. The van der Waals surface area contributed by atoms with E-state index < -0.39 is 9.78 Å². The van der Waals surface area contributed by atoms with Gasteiger partial charge in [-0.2, -0.15) is 0 Å². The van der Waals surface area contributed by atoms with Crippen molar-refractivity contribution < 1.29 is 9.78 Å². The van der Waals surface area contributed by atoms with Crippen LogP contribution in [-0.2, 0) is 9.78 Å². The predicted octanol–water partition coefficient (Wildman–Crippen LogP) is 8.68. The molecular weight excluding hydrogens is 538 g/mol. The average Bonchev–Trinajstić information content (AvgIpc) is 3.20. The van der Waals surface area contributed by atoms with Crippen LogP contribution in [0.4, 0.5) is 0 Å². The minimum absolute atomic E-state index is 0.128. The molecule has 0 aromatic heterocycles. The summed E-state index contributed by atoms with van der Waals surface area (Å²) in [6.45, 7) is 2.07. The Kier molecular flexibility index (Phi) is 2.45. The van der Waals surface area contributed by atoms with Crippen molar-refractivity contribution >= 4 is 33.1 Å². The first-order valence-electron chi connectivity index (χ1n) is 9.96. The second-order valence-corrected chi connectivity index (χ2v) is 127. The Morgan fingerprint density at radius 3 is 1.44 bits per heavy atom. The maximum atomic E-state index is 8.44. The normalized spacial score (nSPS) is 28.5. The molecule has 0 radical (unpaired) electrons. The average molecular weight is 568 g/mol. The third-order valence-electron chi connectivity index (χ3n) is 8.98. The van der Waals surface area contributed by atoms with Gasteiger partial charge in [-0.05, 0) is 0 Å². The molecule has 0 amide bonds. The number of halogens is 2. The number of hydrogen-bond acceptors (Lipinski definition) is 0. The van der Waals surface area contributed by atoms with Gasteiger partial charge in [0.2, 0.25) is 0 Å². The van der Waals surface area contributed by atoms with Crippen LogP contribution in [0.5, 0.6) is 0 Å². The number of allylic oxidation sites excluding steroid dienone is 2. The van der Waals surface area contributed by atoms with Crippen molar-refractivity contribution in [2.45, 2.75) is 33.0 Å². The maximum absolute atomic E-state index is 8.44. The van der Waals surface area contributed by atoms with Gasteiger partial charge in [0.15, 0.2) is 0 Å². The van der Waals surface area contributed by atoms with E-state index in [1.807, 2.05) is 0 Å². The molecule has 0 nitrogen and oxygen atoms in total. The number of benzene rings is 2. The summed E-state index contributed by atoms with van der Waals surface area (Å²) in [5.74, 6) is 0. The molecule has 144 valence electrons. The first-order chi connectivity index (χ1) is 11.9. The van der Waals surface area contributed by atoms with Crippen LogP contribution in [0.25, 0.3) is 12.2 Å². The molecule has 2 aliphatic carbocycles. The van der Waals surface area contributed by atoms with E-state index in [0.717, 1.165) is 0 Å². The van der Waals surface area contributed by atoms with Crippen LogP contribution < -0.4 is 0 Å². The summed E-state index contributed by atoms with van der Waals surface area (Å²) in [7, 11) is 10.2. The van der Waals surface area contributed by atoms with E-state index in [4.69, 9.17) is 17.2 Å². The Balaban J connectivity index is 2.27. The first-order valence-corrected chi connectivity index (χ1v) is 39.5. The molecule has 0 saturated carbocycles. The molecular formula is C24H30Cl2Hf. The van der Waals surface area contributed by atoms with Crippen molar-refractivity contribution in [3.8, 4) is 0 Å². The summed E-state index contributed by atoms with van der Waals surface area (Å²) in [4.78, 5) is 0. The molecule has 0 fully saturated rings. The standard InChI is InChI=1S/2C9H7.C2H4.4CH3.2ClH.Hf/c2*1-2-5-9-7-3-6-8(9)4-1;1-2;;;;;;;/h2*1-7H;1H,2H3;4*1H3;2*1H;/q;;;;;;;;;+2/p-2. The summed E-state index contributed by atoms with van der Waals surface area (Å²) in [5.41, 5.74) is 4.83. The van der Waals surface area contributed by atoms with Gasteiger partial charge in [0, 0.05) is 0 Å². The summed E-state index contributed by atoms with van der Waals surface area (Å²) in [6.07, 6.45) is 8.86. The third-order valence-corrected chi connectivity index (χ3v) is 62.5. The molecule has 2 atom stereocenters. The van der Waals surface area contributed by atoms with E-state index in [1.54, 1.807) is 0 Å². The van der Waals surface area contributed by atoms with Gasteiger partial charge in [0.25, 0.3) is 0 Å². The molecule has 0 aliphatic heterocycles. The Labute approximate surface area is 157 Å². The molecule has 4 rings (SSSR count). The van der Waals surface area contributed by atoms with E-state index in [1.165, 1.54) is 22.3 Å². The van der Waals surface area contributed by atoms with Gasteiger partial charge in [0.05, 0.1) is 0 Å². The quantitative estimate of drug-likeness (QED) is 0.319. The molecule has 0 saturated heterocycles. The van der Waals surface area contributed by atoms with Crippen molar-refractivity contribution in [1.82, 2.24) is 0 Å². The topological polar surface area (TPSA) is 0 Å². The van der Waals surface area contributed by atoms with Crippen molar-refractivity contribution in [1.29, 1.82) is 0 Å². The minimum atomic E-state index is -6.69. The fourth-order valence-electron chi connectivity index (χ4n) is 6.03. The Morgan fingerprint density at radius 2 is 1.07 bits per heavy atom. The second kappa shape index (κ2) is 3.38. The van der Waals surface area contributed by atoms with Crippen LogP contribution in [-0.4, -0.2) is 3.76 Å². The van der Waals surface area contributed by atoms with Crippen LogP contribution in [0.1, 0.15) is 36.5 Å². The molecule has 2 aromatic rings. The molecule has 2 aliphatic rings. The Bertz CT molecular complexity index is 1200. The Hall–Kier alpha value is -0.760. The zero-order valence-electron chi connectivity index (χ0n) is 16.9. The summed E-state index contributed by atoms with van der Waals surface area (Å²) in [5, 5.41) is 0. The van der Waals surface area contributed by atoms with Crippen molar-refractivity contribution in [3.05, 3.63) is 82.9 Å². The van der Waals surface area contributed by atoms with Gasteiger partial charge in [-0.15, -0.1) is 0 Å². The summed E-state index contributed by atoms with van der Waals surface area (Å²) >= 11 is 0. The van der Waals surface area contributed by atoms with Gasteiger partial charge in [-0.3, -0.25) is 0 Å². The van der Waals surface area contributed by atoms with Crippen molar-refractivity contribution in [3.63, 3.8) is 0 Å². The van der Waals surface area contributed by atoms with Crippen LogP contribution >= 0.6 is 17.2 Å². The molecule has 27 heavy (non-hydrogen) atoms. The van der Waals surface area contributed by atoms with E-state index in [9.17, 15) is 0 Å². The van der Waals surface area contributed by atoms with Crippen LogP contribution in [0.3, 0.4) is 0 Å². The van der Waals surface area contributed by atoms with Crippen molar-refractivity contribution in [2.75, 3.05) is 0 Å². The van der Waals surface area contributed by atoms with Gasteiger partial charge >= 0.3 is 159 Å². The van der Waals surface area contributed by atoms with Gasteiger partial charge in [0.1, 0.15) is 0 Å². The van der Waals surface area contributed by atoms with Gasteiger partial charge in [-0.1, -0.05) is 0 Å². The number of hydrogen-bond donors (Lipinski definition) is 0. The second-order valence-electron chi connectivity index (χ2n) is 14.4. The zero-order chi connectivity index (χ0) is 20.0. The van der Waals surface area contributed by atoms with E-state index >= 15 is 0 Å². The van der Waals surface area contributed by atoms with Crippen molar-refractivity contribution in [2.24, 2.45) is 0 Å². The molecule has 0 bridgehead atoms. The van der Waals surface area contributed by atoms with Gasteiger partial charge < -0.3 is 0 Å². The molecule has 0 heterocycles. The molecule has 2 aromatic carbocycles. The van der Waals surface area contributed by atoms with Crippen LogP contribution in [0, 0.1) is 0 Å². The van der Waals surface area contributed by atoms with E-state index in [-0.39, 0.29) is 7.35 Å². The predicted molar refractivity (Wildman–Crippen MR) is 123 cm³/mol. The van der Waals surface area contributed by atoms with E-state index in [0.29, 0.717) is 0 Å².